The maximum atomic E-state index is 8.69. The smallest absolute Gasteiger partial charge is 0.0633 e. The summed E-state index contributed by atoms with van der Waals surface area (Å²) in [6.07, 6.45) is 0. The van der Waals surface area contributed by atoms with Crippen molar-refractivity contribution in [3.63, 3.8) is 0 Å². The zero-order valence-corrected chi connectivity index (χ0v) is 6.02. The summed E-state index contributed by atoms with van der Waals surface area (Å²) in [5.74, 6) is 0. The number of hydrogen-bond acceptors (Lipinski definition) is 3. The van der Waals surface area contributed by atoms with Crippen molar-refractivity contribution in [1.82, 2.24) is 5.32 Å². The van der Waals surface area contributed by atoms with Gasteiger partial charge in [0.1, 0.15) is 0 Å². The van der Waals surface area contributed by atoms with Crippen molar-refractivity contribution in [3.05, 3.63) is 0 Å². The Morgan fingerprint density at radius 2 is 1.78 bits per heavy atom. The summed E-state index contributed by atoms with van der Waals surface area (Å²) < 4.78 is 0. The van der Waals surface area contributed by atoms with Crippen LogP contribution in [0.15, 0.2) is 0 Å². The fourth-order valence-electron chi connectivity index (χ4n) is 0.589. The van der Waals surface area contributed by atoms with Crippen LogP contribution in [0.2, 0.25) is 0 Å². The number of aliphatic hydroxyl groups is 2. The second-order valence-electron chi connectivity index (χ2n) is 2.41. The standard InChI is InChI=1S/C6H15NO2/c1-3-7-6(2,4-8)5-9/h7-9H,3-5H2,1-2H3. The molecule has 0 heterocycles. The zero-order valence-electron chi connectivity index (χ0n) is 6.02. The molecule has 0 spiro atoms. The Morgan fingerprint density at radius 3 is 1.89 bits per heavy atom. The molecule has 9 heavy (non-hydrogen) atoms. The molecule has 0 atom stereocenters. The SMILES string of the molecule is CCNC(C)(CO)CO. The summed E-state index contributed by atoms with van der Waals surface area (Å²) in [4.78, 5) is 0. The molecule has 56 valence electrons. The highest BCUT2D eigenvalue weighted by atomic mass is 16.3. The van der Waals surface area contributed by atoms with E-state index in [1.54, 1.807) is 6.92 Å². The first kappa shape index (κ1) is 8.88. The minimum absolute atomic E-state index is 0.0304. The highest BCUT2D eigenvalue weighted by molar-refractivity contribution is 4.79. The molecule has 0 fully saturated rings. The van der Waals surface area contributed by atoms with E-state index in [4.69, 9.17) is 10.2 Å². The molecule has 0 aliphatic heterocycles. The summed E-state index contributed by atoms with van der Waals surface area (Å²) in [5.41, 5.74) is -0.505. The molecule has 0 saturated heterocycles. The predicted molar refractivity (Wildman–Crippen MR) is 36.3 cm³/mol. The number of hydrogen-bond donors (Lipinski definition) is 3. The third-order valence-electron chi connectivity index (χ3n) is 1.30. The van der Waals surface area contributed by atoms with Crippen molar-refractivity contribution in [2.45, 2.75) is 19.4 Å². The molecule has 0 aliphatic rings. The van der Waals surface area contributed by atoms with Crippen molar-refractivity contribution in [3.8, 4) is 0 Å². The molecular formula is C6H15NO2. The van der Waals surface area contributed by atoms with Crippen LogP contribution in [-0.4, -0.2) is 35.5 Å². The summed E-state index contributed by atoms with van der Waals surface area (Å²) in [6, 6.07) is 0. The van der Waals surface area contributed by atoms with Gasteiger partial charge in [-0.2, -0.15) is 0 Å². The lowest BCUT2D eigenvalue weighted by Gasteiger charge is -2.25. The van der Waals surface area contributed by atoms with Gasteiger partial charge in [-0.05, 0) is 13.5 Å². The van der Waals surface area contributed by atoms with Gasteiger partial charge in [-0.15, -0.1) is 0 Å². The molecule has 3 heteroatoms. The van der Waals surface area contributed by atoms with Crippen molar-refractivity contribution < 1.29 is 10.2 Å². The van der Waals surface area contributed by atoms with E-state index in [9.17, 15) is 0 Å². The van der Waals surface area contributed by atoms with Crippen LogP contribution in [0.3, 0.4) is 0 Å². The van der Waals surface area contributed by atoms with Crippen LogP contribution in [0.4, 0.5) is 0 Å². The van der Waals surface area contributed by atoms with E-state index < -0.39 is 5.54 Å². The summed E-state index contributed by atoms with van der Waals surface area (Å²) in [7, 11) is 0. The van der Waals surface area contributed by atoms with Crippen LogP contribution in [-0.2, 0) is 0 Å². The Labute approximate surface area is 55.7 Å². The van der Waals surface area contributed by atoms with Crippen molar-refractivity contribution in [1.29, 1.82) is 0 Å². The minimum atomic E-state index is -0.505. The normalized spacial score (nSPS) is 12.0. The lowest BCUT2D eigenvalue weighted by molar-refractivity contribution is 0.106. The predicted octanol–water partition coefficient (Wildman–Crippen LogP) is -0.661. The average Bonchev–Trinajstić information content (AvgIpc) is 1.89. The third kappa shape index (κ3) is 2.79. The Hall–Kier alpha value is -0.120. The van der Waals surface area contributed by atoms with E-state index in [1.165, 1.54) is 0 Å². The quantitative estimate of drug-likeness (QED) is 0.477. The molecule has 0 amide bonds. The van der Waals surface area contributed by atoms with Gasteiger partial charge >= 0.3 is 0 Å². The fraction of sp³-hybridized carbons (Fsp3) is 1.00. The van der Waals surface area contributed by atoms with Gasteiger partial charge in [0.05, 0.1) is 18.8 Å². The number of likely N-dealkylation sites (N-methyl/N-ethyl adjacent to an activating group) is 1. The van der Waals surface area contributed by atoms with Crippen LogP contribution in [0.1, 0.15) is 13.8 Å². The van der Waals surface area contributed by atoms with E-state index in [2.05, 4.69) is 5.32 Å². The second kappa shape index (κ2) is 3.82. The van der Waals surface area contributed by atoms with Gasteiger partial charge in [0.25, 0.3) is 0 Å². The van der Waals surface area contributed by atoms with Gasteiger partial charge in [0.15, 0.2) is 0 Å². The highest BCUT2D eigenvalue weighted by Gasteiger charge is 2.19. The first-order valence-electron chi connectivity index (χ1n) is 3.15. The lowest BCUT2D eigenvalue weighted by atomic mass is 10.1. The molecule has 0 rings (SSSR count). The van der Waals surface area contributed by atoms with Gasteiger partial charge in [0.2, 0.25) is 0 Å². The maximum Gasteiger partial charge on any atom is 0.0633 e. The lowest BCUT2D eigenvalue weighted by Crippen LogP contribution is -2.48. The first-order chi connectivity index (χ1) is 4.18. The van der Waals surface area contributed by atoms with Crippen LogP contribution in [0, 0.1) is 0 Å². The first-order valence-corrected chi connectivity index (χ1v) is 3.15. The van der Waals surface area contributed by atoms with E-state index in [0.29, 0.717) is 0 Å². The van der Waals surface area contributed by atoms with Gasteiger partial charge in [-0.1, -0.05) is 6.92 Å². The fourth-order valence-corrected chi connectivity index (χ4v) is 0.589. The molecule has 0 aromatic rings. The molecule has 0 bridgehead atoms. The Morgan fingerprint density at radius 1 is 1.33 bits per heavy atom. The van der Waals surface area contributed by atoms with Crippen molar-refractivity contribution in [2.75, 3.05) is 19.8 Å². The highest BCUT2D eigenvalue weighted by Crippen LogP contribution is 1.98. The third-order valence-corrected chi connectivity index (χ3v) is 1.30. The number of rotatable bonds is 4. The van der Waals surface area contributed by atoms with Gasteiger partial charge in [-0.3, -0.25) is 0 Å². The van der Waals surface area contributed by atoms with Crippen molar-refractivity contribution in [2.24, 2.45) is 0 Å². The molecule has 0 saturated carbocycles. The average molecular weight is 133 g/mol. The molecule has 3 nitrogen and oxygen atoms in total. The molecular weight excluding hydrogens is 118 g/mol. The van der Waals surface area contributed by atoms with Gasteiger partial charge in [-0.25, -0.2) is 0 Å². The van der Waals surface area contributed by atoms with Crippen molar-refractivity contribution >= 4 is 0 Å². The van der Waals surface area contributed by atoms with E-state index in [0.717, 1.165) is 6.54 Å². The van der Waals surface area contributed by atoms with Gasteiger partial charge < -0.3 is 15.5 Å². The summed E-state index contributed by atoms with van der Waals surface area (Å²) >= 11 is 0. The molecule has 3 N–H and O–H groups in total. The maximum absolute atomic E-state index is 8.69. The van der Waals surface area contributed by atoms with Crippen LogP contribution in [0.25, 0.3) is 0 Å². The minimum Gasteiger partial charge on any atom is -0.394 e. The molecule has 0 unspecified atom stereocenters. The van der Waals surface area contributed by atoms with Gasteiger partial charge in [0, 0.05) is 0 Å². The number of nitrogens with one attached hydrogen (secondary N) is 1. The largest absolute Gasteiger partial charge is 0.394 e. The Kier molecular flexibility index (Phi) is 3.77. The number of aliphatic hydroxyl groups excluding tert-OH is 2. The van der Waals surface area contributed by atoms with E-state index in [1.807, 2.05) is 6.92 Å². The van der Waals surface area contributed by atoms with Crippen LogP contribution >= 0.6 is 0 Å². The van der Waals surface area contributed by atoms with Crippen LogP contribution in [0.5, 0.6) is 0 Å². The molecule has 0 radical (unpaired) electrons. The summed E-state index contributed by atoms with van der Waals surface area (Å²) in [5, 5.41) is 20.3. The van der Waals surface area contributed by atoms with E-state index >= 15 is 0 Å². The van der Waals surface area contributed by atoms with Crippen LogP contribution < -0.4 is 5.32 Å². The van der Waals surface area contributed by atoms with E-state index in [-0.39, 0.29) is 13.2 Å². The molecule has 0 aliphatic carbocycles. The zero-order chi connectivity index (χ0) is 7.33. The topological polar surface area (TPSA) is 52.5 Å². The Bertz CT molecular complexity index is 71.5. The summed E-state index contributed by atoms with van der Waals surface area (Å²) in [6.45, 7) is 4.41. The molecule has 0 aromatic carbocycles. The second-order valence-corrected chi connectivity index (χ2v) is 2.41. The monoisotopic (exact) mass is 133 g/mol. The molecule has 0 aromatic heterocycles. The Balaban J connectivity index is 3.62.